The maximum absolute atomic E-state index is 13.3. The number of nitrogen functional groups attached to an aromatic ring is 1. The van der Waals surface area contributed by atoms with Crippen molar-refractivity contribution in [2.24, 2.45) is 0 Å². The zero-order valence-electron chi connectivity index (χ0n) is 7.82. The van der Waals surface area contributed by atoms with Gasteiger partial charge in [-0.2, -0.15) is 0 Å². The van der Waals surface area contributed by atoms with Crippen molar-refractivity contribution in [3.05, 3.63) is 47.8 Å². The van der Waals surface area contributed by atoms with Gasteiger partial charge in [-0.15, -0.1) is 0 Å². The van der Waals surface area contributed by atoms with Gasteiger partial charge in [-0.25, -0.2) is 13.8 Å². The quantitative estimate of drug-likeness (QED) is 0.819. The van der Waals surface area contributed by atoms with E-state index in [0.29, 0.717) is 0 Å². The van der Waals surface area contributed by atoms with Gasteiger partial charge in [-0.3, -0.25) is 0 Å². The number of benzene rings is 1. The lowest BCUT2D eigenvalue weighted by Gasteiger charge is -2.06. The fourth-order valence-corrected chi connectivity index (χ4v) is 1.33. The number of nitrogens with two attached hydrogens (primary N) is 1. The number of hydrogen-bond donors (Lipinski definition) is 1. The van der Waals surface area contributed by atoms with Gasteiger partial charge in [0.1, 0.15) is 0 Å². The van der Waals surface area contributed by atoms with Crippen LogP contribution in [-0.2, 0) is 6.54 Å². The Bertz CT molecular complexity index is 479. The smallest absolute Gasteiger partial charge is 0.200 e. The minimum absolute atomic E-state index is 0.176. The lowest BCUT2D eigenvalue weighted by molar-refractivity contribution is 0.495. The molecule has 0 fully saturated rings. The monoisotopic (exact) mass is 209 g/mol. The molecular weight excluding hydrogens is 200 g/mol. The molecule has 5 heteroatoms. The molecule has 0 saturated carbocycles. The summed E-state index contributed by atoms with van der Waals surface area (Å²) in [5, 5.41) is 0. The van der Waals surface area contributed by atoms with Gasteiger partial charge >= 0.3 is 0 Å². The normalized spacial score (nSPS) is 10.5. The number of halogens is 2. The molecule has 0 aliphatic heterocycles. The fraction of sp³-hybridized carbons (Fsp3) is 0.100. The van der Waals surface area contributed by atoms with E-state index < -0.39 is 11.6 Å². The summed E-state index contributed by atoms with van der Waals surface area (Å²) < 4.78 is 27.7. The van der Waals surface area contributed by atoms with E-state index in [1.807, 2.05) is 0 Å². The second-order valence-corrected chi connectivity index (χ2v) is 3.13. The van der Waals surface area contributed by atoms with Crippen LogP contribution in [0.15, 0.2) is 30.6 Å². The SMILES string of the molecule is Nc1nccn1Cc1cccc(F)c1F. The molecule has 78 valence electrons. The Morgan fingerprint density at radius 3 is 2.80 bits per heavy atom. The third-order valence-electron chi connectivity index (χ3n) is 2.12. The van der Waals surface area contributed by atoms with Crippen molar-refractivity contribution in [2.75, 3.05) is 5.73 Å². The van der Waals surface area contributed by atoms with Gasteiger partial charge < -0.3 is 10.3 Å². The van der Waals surface area contributed by atoms with Gasteiger partial charge in [0.05, 0.1) is 6.54 Å². The van der Waals surface area contributed by atoms with Crippen molar-refractivity contribution in [1.82, 2.24) is 9.55 Å². The van der Waals surface area contributed by atoms with Gasteiger partial charge in [0, 0.05) is 18.0 Å². The first-order valence-corrected chi connectivity index (χ1v) is 4.38. The largest absolute Gasteiger partial charge is 0.369 e. The molecule has 0 radical (unpaired) electrons. The first-order chi connectivity index (χ1) is 7.18. The van der Waals surface area contributed by atoms with E-state index in [4.69, 9.17) is 5.73 Å². The molecule has 0 bridgehead atoms. The van der Waals surface area contributed by atoms with Crippen LogP contribution in [0.25, 0.3) is 0 Å². The lowest BCUT2D eigenvalue weighted by atomic mass is 10.2. The molecule has 0 amide bonds. The molecule has 1 aromatic carbocycles. The minimum Gasteiger partial charge on any atom is -0.369 e. The fourth-order valence-electron chi connectivity index (χ4n) is 1.33. The van der Waals surface area contributed by atoms with Gasteiger partial charge in [0.15, 0.2) is 17.6 Å². The van der Waals surface area contributed by atoms with Crippen molar-refractivity contribution in [2.45, 2.75) is 6.54 Å². The summed E-state index contributed by atoms with van der Waals surface area (Å²) in [5.41, 5.74) is 5.76. The molecule has 3 nitrogen and oxygen atoms in total. The molecule has 1 heterocycles. The first-order valence-electron chi connectivity index (χ1n) is 4.38. The molecule has 0 aliphatic carbocycles. The van der Waals surface area contributed by atoms with Crippen molar-refractivity contribution < 1.29 is 8.78 Å². The van der Waals surface area contributed by atoms with E-state index in [2.05, 4.69) is 4.98 Å². The highest BCUT2D eigenvalue weighted by Crippen LogP contribution is 2.13. The first kappa shape index (κ1) is 9.64. The summed E-state index contributed by atoms with van der Waals surface area (Å²) in [6.07, 6.45) is 3.12. The highest BCUT2D eigenvalue weighted by Gasteiger charge is 2.08. The van der Waals surface area contributed by atoms with Gasteiger partial charge in [-0.05, 0) is 6.07 Å². The molecule has 2 rings (SSSR count). The standard InChI is InChI=1S/C10H9F2N3/c11-8-3-1-2-7(9(8)12)6-15-5-4-14-10(15)13/h1-5H,6H2,(H2,13,14). The third kappa shape index (κ3) is 1.81. The Balaban J connectivity index is 2.33. The van der Waals surface area contributed by atoms with E-state index in [1.54, 1.807) is 6.20 Å². The topological polar surface area (TPSA) is 43.8 Å². The minimum atomic E-state index is -0.855. The van der Waals surface area contributed by atoms with Crippen LogP contribution in [0.3, 0.4) is 0 Å². The van der Waals surface area contributed by atoms with Crippen molar-refractivity contribution in [3.8, 4) is 0 Å². The molecule has 0 aliphatic rings. The molecule has 2 N–H and O–H groups in total. The Kier molecular flexibility index (Phi) is 2.37. The van der Waals surface area contributed by atoms with Crippen LogP contribution in [0.2, 0.25) is 0 Å². The summed E-state index contributed by atoms with van der Waals surface area (Å²) in [4.78, 5) is 3.79. The van der Waals surface area contributed by atoms with E-state index in [-0.39, 0.29) is 18.1 Å². The van der Waals surface area contributed by atoms with Crippen LogP contribution in [0, 0.1) is 11.6 Å². The number of hydrogen-bond acceptors (Lipinski definition) is 2. The van der Waals surface area contributed by atoms with Crippen molar-refractivity contribution >= 4 is 5.95 Å². The summed E-state index contributed by atoms with van der Waals surface area (Å²) in [6, 6.07) is 4.05. The molecule has 2 aromatic rings. The number of nitrogens with zero attached hydrogens (tertiary/aromatic N) is 2. The molecule has 0 spiro atoms. The van der Waals surface area contributed by atoms with Gasteiger partial charge in [-0.1, -0.05) is 12.1 Å². The van der Waals surface area contributed by atoms with Crippen LogP contribution in [0.1, 0.15) is 5.56 Å². The number of rotatable bonds is 2. The maximum atomic E-state index is 13.3. The van der Waals surface area contributed by atoms with Crippen LogP contribution in [0.5, 0.6) is 0 Å². The number of aromatic nitrogens is 2. The van der Waals surface area contributed by atoms with E-state index in [1.165, 1.54) is 22.9 Å². The molecule has 1 aromatic heterocycles. The number of imidazole rings is 1. The van der Waals surface area contributed by atoms with E-state index in [0.717, 1.165) is 6.07 Å². The molecule has 0 saturated heterocycles. The lowest BCUT2D eigenvalue weighted by Crippen LogP contribution is -2.06. The molecule has 0 atom stereocenters. The second-order valence-electron chi connectivity index (χ2n) is 3.13. The highest BCUT2D eigenvalue weighted by atomic mass is 19.2. The van der Waals surface area contributed by atoms with Gasteiger partial charge in [0.25, 0.3) is 0 Å². The Labute approximate surface area is 85.2 Å². The predicted molar refractivity (Wildman–Crippen MR) is 52.1 cm³/mol. The average Bonchev–Trinajstić information content (AvgIpc) is 2.60. The highest BCUT2D eigenvalue weighted by molar-refractivity contribution is 5.23. The van der Waals surface area contributed by atoms with Crippen molar-refractivity contribution in [1.29, 1.82) is 0 Å². The van der Waals surface area contributed by atoms with Crippen LogP contribution < -0.4 is 5.73 Å². The van der Waals surface area contributed by atoms with E-state index >= 15 is 0 Å². The van der Waals surface area contributed by atoms with Gasteiger partial charge in [0.2, 0.25) is 0 Å². The summed E-state index contributed by atoms with van der Waals surface area (Å²) >= 11 is 0. The molecular formula is C10H9F2N3. The van der Waals surface area contributed by atoms with E-state index in [9.17, 15) is 8.78 Å². The van der Waals surface area contributed by atoms with Crippen LogP contribution >= 0.6 is 0 Å². The Hall–Kier alpha value is -1.91. The summed E-state index contributed by atoms with van der Waals surface area (Å²) in [7, 11) is 0. The summed E-state index contributed by atoms with van der Waals surface area (Å²) in [6.45, 7) is 0.176. The maximum Gasteiger partial charge on any atom is 0.200 e. The van der Waals surface area contributed by atoms with Crippen LogP contribution in [0.4, 0.5) is 14.7 Å². The van der Waals surface area contributed by atoms with Crippen molar-refractivity contribution in [3.63, 3.8) is 0 Å². The zero-order valence-corrected chi connectivity index (χ0v) is 7.82. The molecule has 15 heavy (non-hydrogen) atoms. The average molecular weight is 209 g/mol. The second kappa shape index (κ2) is 3.68. The Morgan fingerprint density at radius 2 is 2.13 bits per heavy atom. The Morgan fingerprint density at radius 1 is 1.33 bits per heavy atom. The number of anilines is 1. The summed E-state index contributed by atoms with van der Waals surface area (Å²) in [5.74, 6) is -1.42. The predicted octanol–water partition coefficient (Wildman–Crippen LogP) is 1.79. The zero-order chi connectivity index (χ0) is 10.8. The molecule has 0 unspecified atom stereocenters. The third-order valence-corrected chi connectivity index (χ3v) is 2.12. The van der Waals surface area contributed by atoms with Crippen LogP contribution in [-0.4, -0.2) is 9.55 Å².